The molecule has 0 saturated carbocycles. The average molecular weight is 921 g/mol. The highest BCUT2D eigenvalue weighted by Gasteiger charge is 2.19. The number of hydrogen-bond donors (Lipinski definition) is 0. The van der Waals surface area contributed by atoms with Crippen LogP contribution in [0.4, 0.5) is 0 Å². The summed E-state index contributed by atoms with van der Waals surface area (Å²) < 4.78 is 16.7. The van der Waals surface area contributed by atoms with Gasteiger partial charge in [-0.15, -0.1) is 0 Å². The van der Waals surface area contributed by atoms with Crippen LogP contribution in [0, 0.1) is 0 Å². The fourth-order valence-electron chi connectivity index (χ4n) is 6.32. The van der Waals surface area contributed by atoms with Gasteiger partial charge < -0.3 is 14.2 Å². The van der Waals surface area contributed by atoms with E-state index in [4.69, 9.17) is 14.2 Å². The van der Waals surface area contributed by atoms with E-state index in [0.29, 0.717) is 19.3 Å². The third-order valence-corrected chi connectivity index (χ3v) is 10.2. The summed E-state index contributed by atoms with van der Waals surface area (Å²) in [5.74, 6) is -1.10. The molecule has 372 valence electrons. The van der Waals surface area contributed by atoms with E-state index >= 15 is 0 Å². The van der Waals surface area contributed by atoms with E-state index in [2.05, 4.69) is 112 Å². The SMILES string of the molecule is CC/C=C/C=C/C=C/C=C/C=C/C=C/CCCCCC(=O)OC(COC(=O)CC/C=C/C/C=C/CCCCCCCC)COC(=O)CCCCC/C=C/C/C=C/C/C=C/C/C=C/C/C=C/CC. The smallest absolute Gasteiger partial charge is 0.306 e. The quantitative estimate of drug-likeness (QED) is 0.0199. The highest BCUT2D eigenvalue weighted by Crippen LogP contribution is 2.11. The molecule has 0 aromatic heterocycles. The van der Waals surface area contributed by atoms with Crippen molar-refractivity contribution in [3.05, 3.63) is 158 Å². The Balaban J connectivity index is 4.63. The summed E-state index contributed by atoms with van der Waals surface area (Å²) in [6, 6.07) is 0. The van der Waals surface area contributed by atoms with Crippen molar-refractivity contribution >= 4 is 17.9 Å². The van der Waals surface area contributed by atoms with Crippen molar-refractivity contribution in [2.75, 3.05) is 13.2 Å². The second-order valence-electron chi connectivity index (χ2n) is 16.5. The molecule has 0 spiro atoms. The van der Waals surface area contributed by atoms with Crippen LogP contribution in [-0.4, -0.2) is 37.2 Å². The van der Waals surface area contributed by atoms with Crippen molar-refractivity contribution in [3.8, 4) is 0 Å². The standard InChI is InChI=1S/C61H92O6/c1-4-7-10-13-16-19-22-25-27-29-30-32-33-36-39-42-45-48-51-54-60(63)66-57-58(56-65-59(62)53-50-47-44-41-38-35-24-21-18-15-12-9-6-3)67-61(64)55-52-49-46-43-40-37-34-31-28-26-23-20-17-14-11-8-5-2/h7-8,10-11,14,16-17,19-20,23,25-28,30-32,34-40,44,47,58H,4-6,9,12-13,15,18,21-22,24,29,33,41-43,45-46,48-57H2,1-3H3/b10-7+,11-8+,17-14+,19-16+,23-20+,27-25+,28-26+,32-30+,34-31+,38-35+,39-36+,40-37+,47-44+. The maximum absolute atomic E-state index is 12.8. The topological polar surface area (TPSA) is 78.9 Å². The van der Waals surface area contributed by atoms with Crippen LogP contribution in [0.1, 0.15) is 188 Å². The summed E-state index contributed by atoms with van der Waals surface area (Å²) in [6.07, 6.45) is 78.1. The highest BCUT2D eigenvalue weighted by atomic mass is 16.6. The molecule has 0 rings (SSSR count). The van der Waals surface area contributed by atoms with Crippen molar-refractivity contribution in [2.24, 2.45) is 0 Å². The van der Waals surface area contributed by atoms with E-state index in [1.165, 1.54) is 38.5 Å². The third-order valence-electron chi connectivity index (χ3n) is 10.2. The minimum absolute atomic E-state index is 0.139. The van der Waals surface area contributed by atoms with Gasteiger partial charge in [-0.05, 0) is 103 Å². The maximum Gasteiger partial charge on any atom is 0.306 e. The minimum atomic E-state index is -0.846. The molecule has 1 unspecified atom stereocenters. The van der Waals surface area contributed by atoms with E-state index in [1.54, 1.807) is 0 Å². The Morgan fingerprint density at radius 1 is 0.328 bits per heavy atom. The molecule has 0 saturated heterocycles. The first kappa shape index (κ1) is 62.0. The van der Waals surface area contributed by atoms with Crippen molar-refractivity contribution < 1.29 is 28.6 Å². The lowest BCUT2D eigenvalue weighted by molar-refractivity contribution is -0.166. The van der Waals surface area contributed by atoms with Gasteiger partial charge in [-0.2, -0.15) is 0 Å². The van der Waals surface area contributed by atoms with Crippen molar-refractivity contribution in [1.82, 2.24) is 0 Å². The Morgan fingerprint density at radius 2 is 0.687 bits per heavy atom. The molecule has 0 heterocycles. The largest absolute Gasteiger partial charge is 0.462 e. The molecule has 0 aliphatic heterocycles. The molecule has 0 amide bonds. The molecule has 0 fully saturated rings. The number of allylic oxidation sites excluding steroid dienone is 26. The van der Waals surface area contributed by atoms with E-state index in [1.807, 2.05) is 66.8 Å². The average Bonchev–Trinajstić information content (AvgIpc) is 3.33. The fraction of sp³-hybridized carbons (Fsp3) is 0.525. The van der Waals surface area contributed by atoms with Crippen molar-refractivity contribution in [2.45, 2.75) is 194 Å². The minimum Gasteiger partial charge on any atom is -0.462 e. The predicted octanol–water partition coefficient (Wildman–Crippen LogP) is 17.4. The van der Waals surface area contributed by atoms with Gasteiger partial charge in [-0.1, -0.05) is 224 Å². The van der Waals surface area contributed by atoms with Crippen LogP contribution >= 0.6 is 0 Å². The van der Waals surface area contributed by atoms with E-state index in [0.717, 1.165) is 96.3 Å². The number of carbonyl (C=O) groups excluding carboxylic acids is 3. The Hall–Kier alpha value is -4.97. The summed E-state index contributed by atoms with van der Waals surface area (Å²) in [7, 11) is 0. The van der Waals surface area contributed by atoms with Gasteiger partial charge in [0, 0.05) is 19.3 Å². The van der Waals surface area contributed by atoms with Gasteiger partial charge in [0.15, 0.2) is 6.10 Å². The van der Waals surface area contributed by atoms with Crippen LogP contribution in [-0.2, 0) is 28.6 Å². The first-order valence-corrected chi connectivity index (χ1v) is 26.1. The Kier molecular flexibility index (Phi) is 49.7. The van der Waals surface area contributed by atoms with E-state index < -0.39 is 6.10 Å². The lowest BCUT2D eigenvalue weighted by atomic mass is 10.1. The number of unbranched alkanes of at least 4 members (excludes halogenated alkanes) is 12. The fourth-order valence-corrected chi connectivity index (χ4v) is 6.32. The summed E-state index contributed by atoms with van der Waals surface area (Å²) >= 11 is 0. The monoisotopic (exact) mass is 921 g/mol. The molecule has 0 aromatic carbocycles. The Bertz CT molecular complexity index is 1570. The van der Waals surface area contributed by atoms with Crippen LogP contribution in [0.5, 0.6) is 0 Å². The zero-order valence-corrected chi connectivity index (χ0v) is 42.3. The number of hydrogen-bond acceptors (Lipinski definition) is 6. The van der Waals surface area contributed by atoms with Gasteiger partial charge in [-0.25, -0.2) is 0 Å². The summed E-state index contributed by atoms with van der Waals surface area (Å²) in [5.41, 5.74) is 0. The molecule has 0 aliphatic rings. The first-order valence-electron chi connectivity index (χ1n) is 26.1. The van der Waals surface area contributed by atoms with Gasteiger partial charge in [0.2, 0.25) is 0 Å². The molecule has 6 nitrogen and oxygen atoms in total. The van der Waals surface area contributed by atoms with Crippen LogP contribution in [0.25, 0.3) is 0 Å². The van der Waals surface area contributed by atoms with Gasteiger partial charge in [0.05, 0.1) is 0 Å². The molecule has 0 bridgehead atoms. The van der Waals surface area contributed by atoms with Crippen molar-refractivity contribution in [1.29, 1.82) is 0 Å². The summed E-state index contributed by atoms with van der Waals surface area (Å²) in [6.45, 7) is 6.22. The van der Waals surface area contributed by atoms with E-state index in [-0.39, 0.29) is 44.0 Å². The van der Waals surface area contributed by atoms with Gasteiger partial charge in [0.25, 0.3) is 0 Å². The zero-order chi connectivity index (χ0) is 48.6. The van der Waals surface area contributed by atoms with Gasteiger partial charge in [-0.3, -0.25) is 14.4 Å². The second kappa shape index (κ2) is 53.6. The molecule has 1 atom stereocenters. The Morgan fingerprint density at radius 3 is 1.18 bits per heavy atom. The first-order chi connectivity index (χ1) is 33.0. The predicted molar refractivity (Wildman–Crippen MR) is 288 cm³/mol. The molecule has 0 radical (unpaired) electrons. The molecule has 6 heteroatoms. The van der Waals surface area contributed by atoms with E-state index in [9.17, 15) is 14.4 Å². The van der Waals surface area contributed by atoms with Crippen LogP contribution in [0.15, 0.2) is 158 Å². The van der Waals surface area contributed by atoms with Crippen LogP contribution in [0.2, 0.25) is 0 Å². The Labute approximate surface area is 409 Å². The van der Waals surface area contributed by atoms with Crippen molar-refractivity contribution in [3.63, 3.8) is 0 Å². The summed E-state index contributed by atoms with van der Waals surface area (Å²) in [5, 5.41) is 0. The number of esters is 3. The number of ether oxygens (including phenoxy) is 3. The number of rotatable bonds is 44. The van der Waals surface area contributed by atoms with Crippen LogP contribution < -0.4 is 0 Å². The molecule has 0 aromatic rings. The zero-order valence-electron chi connectivity index (χ0n) is 42.3. The highest BCUT2D eigenvalue weighted by molar-refractivity contribution is 5.71. The van der Waals surface area contributed by atoms with Gasteiger partial charge >= 0.3 is 17.9 Å². The molecular weight excluding hydrogens is 829 g/mol. The third kappa shape index (κ3) is 51.9. The molecule has 0 aliphatic carbocycles. The normalized spacial score (nSPS) is 13.4. The molecule has 0 N–H and O–H groups in total. The lowest BCUT2D eigenvalue weighted by Crippen LogP contribution is -2.30. The number of carbonyl (C=O) groups is 3. The molecule has 67 heavy (non-hydrogen) atoms. The lowest BCUT2D eigenvalue weighted by Gasteiger charge is -2.18. The van der Waals surface area contributed by atoms with Crippen LogP contribution in [0.3, 0.4) is 0 Å². The summed E-state index contributed by atoms with van der Waals surface area (Å²) in [4.78, 5) is 38.0. The van der Waals surface area contributed by atoms with Gasteiger partial charge in [0.1, 0.15) is 13.2 Å². The second-order valence-corrected chi connectivity index (χ2v) is 16.5. The molecular formula is C61H92O6. The maximum atomic E-state index is 12.8.